The third-order valence-corrected chi connectivity index (χ3v) is 4.24. The SMILES string of the molecule is COc1ccc(C(=O)c2coc3c2C(=O)c2ccccc2C3=O)cc1. The van der Waals surface area contributed by atoms with Gasteiger partial charge < -0.3 is 9.15 Å². The van der Waals surface area contributed by atoms with Crippen LogP contribution in [0.2, 0.25) is 0 Å². The van der Waals surface area contributed by atoms with Crippen molar-refractivity contribution in [2.75, 3.05) is 7.11 Å². The number of ether oxygens (including phenoxy) is 1. The fraction of sp³-hybridized carbons (Fsp3) is 0.0500. The standard InChI is InChI=1S/C20H12O5/c1-24-12-8-6-11(7-9-12)17(21)15-10-25-20-16(15)18(22)13-4-2-3-5-14(13)19(20)23/h2-10H,1H3. The van der Waals surface area contributed by atoms with Crippen LogP contribution in [0.4, 0.5) is 0 Å². The Balaban J connectivity index is 1.81. The van der Waals surface area contributed by atoms with E-state index in [4.69, 9.17) is 9.15 Å². The molecule has 0 saturated heterocycles. The van der Waals surface area contributed by atoms with Gasteiger partial charge in [-0.2, -0.15) is 0 Å². The fourth-order valence-corrected chi connectivity index (χ4v) is 2.95. The molecule has 1 heterocycles. The van der Waals surface area contributed by atoms with Crippen LogP contribution in [-0.4, -0.2) is 24.5 Å². The maximum absolute atomic E-state index is 12.8. The first kappa shape index (κ1) is 15.1. The summed E-state index contributed by atoms with van der Waals surface area (Å²) in [4.78, 5) is 38.1. The molecule has 0 N–H and O–H groups in total. The minimum atomic E-state index is -0.390. The number of hydrogen-bond acceptors (Lipinski definition) is 5. The Morgan fingerprint density at radius 3 is 2.20 bits per heavy atom. The smallest absolute Gasteiger partial charge is 0.229 e. The van der Waals surface area contributed by atoms with E-state index >= 15 is 0 Å². The molecule has 5 nitrogen and oxygen atoms in total. The molecular formula is C20H12O5. The van der Waals surface area contributed by atoms with Gasteiger partial charge in [0.25, 0.3) is 0 Å². The van der Waals surface area contributed by atoms with Crippen molar-refractivity contribution in [2.24, 2.45) is 0 Å². The maximum atomic E-state index is 12.8. The van der Waals surface area contributed by atoms with Crippen molar-refractivity contribution in [1.29, 1.82) is 0 Å². The zero-order chi connectivity index (χ0) is 17.6. The lowest BCUT2D eigenvalue weighted by atomic mass is 9.85. The molecule has 5 heteroatoms. The summed E-state index contributed by atoms with van der Waals surface area (Å²) in [5, 5.41) is 0. The number of rotatable bonds is 3. The van der Waals surface area contributed by atoms with Gasteiger partial charge in [0, 0.05) is 16.7 Å². The lowest BCUT2D eigenvalue weighted by Crippen LogP contribution is -2.21. The number of benzene rings is 2. The highest BCUT2D eigenvalue weighted by Crippen LogP contribution is 2.32. The average Bonchev–Trinajstić information content (AvgIpc) is 3.11. The van der Waals surface area contributed by atoms with Crippen LogP contribution in [0.25, 0.3) is 0 Å². The molecule has 0 radical (unpaired) electrons. The zero-order valence-corrected chi connectivity index (χ0v) is 13.2. The van der Waals surface area contributed by atoms with Crippen LogP contribution in [0.5, 0.6) is 5.75 Å². The molecule has 1 aliphatic carbocycles. The largest absolute Gasteiger partial charge is 0.497 e. The van der Waals surface area contributed by atoms with Gasteiger partial charge in [0.15, 0.2) is 17.3 Å². The topological polar surface area (TPSA) is 73.6 Å². The fourth-order valence-electron chi connectivity index (χ4n) is 2.95. The molecule has 0 aliphatic heterocycles. The van der Waals surface area contributed by atoms with E-state index in [-0.39, 0.29) is 45.4 Å². The minimum absolute atomic E-state index is 0.0320. The normalized spacial score (nSPS) is 12.5. The molecule has 0 amide bonds. The second kappa shape index (κ2) is 5.56. The van der Waals surface area contributed by atoms with E-state index in [2.05, 4.69) is 0 Å². The van der Waals surface area contributed by atoms with E-state index in [1.807, 2.05) is 0 Å². The van der Waals surface area contributed by atoms with Gasteiger partial charge in [-0.15, -0.1) is 0 Å². The zero-order valence-electron chi connectivity index (χ0n) is 13.2. The summed E-state index contributed by atoms with van der Waals surface area (Å²) in [7, 11) is 1.53. The van der Waals surface area contributed by atoms with Crippen LogP contribution in [0, 0.1) is 0 Å². The Morgan fingerprint density at radius 2 is 1.56 bits per heavy atom. The summed E-state index contributed by atoms with van der Waals surface area (Å²) < 4.78 is 10.4. The van der Waals surface area contributed by atoms with Crippen molar-refractivity contribution < 1.29 is 23.5 Å². The Hall–Kier alpha value is -3.47. The maximum Gasteiger partial charge on any atom is 0.229 e. The third-order valence-electron chi connectivity index (χ3n) is 4.24. The first-order valence-corrected chi connectivity index (χ1v) is 7.60. The summed E-state index contributed by atoms with van der Waals surface area (Å²) in [5.41, 5.74) is 1.07. The van der Waals surface area contributed by atoms with Crippen LogP contribution in [0.1, 0.15) is 48.0 Å². The van der Waals surface area contributed by atoms with Crippen LogP contribution >= 0.6 is 0 Å². The van der Waals surface area contributed by atoms with E-state index in [0.717, 1.165) is 0 Å². The van der Waals surface area contributed by atoms with Crippen LogP contribution < -0.4 is 4.74 Å². The number of hydrogen-bond donors (Lipinski definition) is 0. The molecular weight excluding hydrogens is 320 g/mol. The van der Waals surface area contributed by atoms with Crippen LogP contribution in [0.3, 0.4) is 0 Å². The van der Waals surface area contributed by atoms with Crippen molar-refractivity contribution in [3.63, 3.8) is 0 Å². The van der Waals surface area contributed by atoms with Crippen molar-refractivity contribution in [3.8, 4) is 5.75 Å². The molecule has 3 aromatic rings. The first-order valence-electron chi connectivity index (χ1n) is 7.60. The molecule has 0 unspecified atom stereocenters. The Kier molecular flexibility index (Phi) is 3.35. The average molecular weight is 332 g/mol. The molecule has 0 bridgehead atoms. The number of carbonyl (C=O) groups is 3. The summed E-state index contributed by atoms with van der Waals surface area (Å²) >= 11 is 0. The van der Waals surface area contributed by atoms with Crippen molar-refractivity contribution in [3.05, 3.63) is 88.4 Å². The van der Waals surface area contributed by atoms with Crippen LogP contribution in [-0.2, 0) is 0 Å². The third kappa shape index (κ3) is 2.21. The number of methoxy groups -OCH3 is 1. The Labute approximate surface area is 142 Å². The predicted molar refractivity (Wildman–Crippen MR) is 88.4 cm³/mol. The van der Waals surface area contributed by atoms with Gasteiger partial charge in [0.05, 0.1) is 18.2 Å². The summed E-state index contributed by atoms with van der Waals surface area (Å²) in [6, 6.07) is 13.0. The summed E-state index contributed by atoms with van der Waals surface area (Å²) in [6.45, 7) is 0. The van der Waals surface area contributed by atoms with Gasteiger partial charge in [0.2, 0.25) is 5.78 Å². The van der Waals surface area contributed by atoms with Crippen molar-refractivity contribution in [1.82, 2.24) is 0 Å². The first-order chi connectivity index (χ1) is 12.1. The molecule has 0 spiro atoms. The molecule has 2 aromatic carbocycles. The van der Waals surface area contributed by atoms with E-state index in [9.17, 15) is 14.4 Å². The van der Waals surface area contributed by atoms with Crippen molar-refractivity contribution in [2.45, 2.75) is 0 Å². The van der Waals surface area contributed by atoms with Gasteiger partial charge in [-0.3, -0.25) is 14.4 Å². The van der Waals surface area contributed by atoms with E-state index in [0.29, 0.717) is 11.3 Å². The highest BCUT2D eigenvalue weighted by Gasteiger charge is 2.36. The van der Waals surface area contributed by atoms with Crippen LogP contribution in [0.15, 0.2) is 59.2 Å². The van der Waals surface area contributed by atoms with E-state index in [1.54, 1.807) is 48.5 Å². The molecule has 0 fully saturated rings. The number of carbonyl (C=O) groups excluding carboxylic acids is 3. The molecule has 0 saturated carbocycles. The lowest BCUT2D eigenvalue weighted by Gasteiger charge is -2.13. The second-order valence-electron chi connectivity index (χ2n) is 5.61. The molecule has 1 aliphatic rings. The highest BCUT2D eigenvalue weighted by atomic mass is 16.5. The van der Waals surface area contributed by atoms with Gasteiger partial charge in [-0.1, -0.05) is 24.3 Å². The monoisotopic (exact) mass is 332 g/mol. The van der Waals surface area contributed by atoms with Gasteiger partial charge in [-0.05, 0) is 24.3 Å². The Morgan fingerprint density at radius 1 is 0.920 bits per heavy atom. The minimum Gasteiger partial charge on any atom is -0.497 e. The highest BCUT2D eigenvalue weighted by molar-refractivity contribution is 6.31. The quantitative estimate of drug-likeness (QED) is 0.538. The number of furan rings is 1. The molecule has 0 atom stereocenters. The molecule has 25 heavy (non-hydrogen) atoms. The summed E-state index contributed by atoms with van der Waals surface area (Å²) in [6.07, 6.45) is 1.18. The number of ketones is 3. The predicted octanol–water partition coefficient (Wildman–Crippen LogP) is 3.29. The number of fused-ring (bicyclic) bond motifs is 2. The summed E-state index contributed by atoms with van der Waals surface area (Å²) in [5.74, 6) is -0.616. The molecule has 122 valence electrons. The van der Waals surface area contributed by atoms with Gasteiger partial charge in [0.1, 0.15) is 12.0 Å². The molecule has 1 aromatic heterocycles. The Bertz CT molecular complexity index is 1020. The van der Waals surface area contributed by atoms with Gasteiger partial charge in [-0.25, -0.2) is 0 Å². The molecule has 4 rings (SSSR count). The van der Waals surface area contributed by atoms with E-state index in [1.165, 1.54) is 13.4 Å². The van der Waals surface area contributed by atoms with Gasteiger partial charge >= 0.3 is 0 Å². The van der Waals surface area contributed by atoms with E-state index < -0.39 is 0 Å². The van der Waals surface area contributed by atoms with Crippen molar-refractivity contribution >= 4 is 17.3 Å². The lowest BCUT2D eigenvalue weighted by molar-refractivity contribution is 0.0958. The second-order valence-corrected chi connectivity index (χ2v) is 5.61.